The molecule has 0 fully saturated rings. The van der Waals surface area contributed by atoms with Crippen molar-refractivity contribution in [3.63, 3.8) is 0 Å². The smallest absolute Gasteiger partial charge is 0.323 e. The molecule has 2 aromatic rings. The topological polar surface area (TPSA) is 120 Å². The van der Waals surface area contributed by atoms with E-state index in [2.05, 4.69) is 21.3 Å². The Bertz CT molecular complexity index is 882. The number of aliphatic carboxylic acids is 1. The van der Waals surface area contributed by atoms with Gasteiger partial charge in [0, 0.05) is 29.0 Å². The highest BCUT2D eigenvalue weighted by atomic mass is 16.4. The molecule has 0 radical (unpaired) electrons. The van der Waals surface area contributed by atoms with Crippen LogP contribution in [0.15, 0.2) is 48.5 Å². The van der Waals surface area contributed by atoms with Crippen molar-refractivity contribution >= 4 is 35.1 Å². The molecular formula is C21H26N4O4. The zero-order valence-electron chi connectivity index (χ0n) is 16.7. The molecule has 4 amide bonds. The second-order valence-corrected chi connectivity index (χ2v) is 7.33. The van der Waals surface area contributed by atoms with Gasteiger partial charge in [-0.25, -0.2) is 9.59 Å². The maximum Gasteiger partial charge on any atom is 0.323 e. The van der Waals surface area contributed by atoms with Gasteiger partial charge in [0.15, 0.2) is 0 Å². The van der Waals surface area contributed by atoms with Gasteiger partial charge in [-0.3, -0.25) is 4.79 Å². The third-order valence-corrected chi connectivity index (χ3v) is 4.19. The monoisotopic (exact) mass is 398 g/mol. The summed E-state index contributed by atoms with van der Waals surface area (Å²) < 4.78 is 0. The molecule has 2 rings (SSSR count). The summed E-state index contributed by atoms with van der Waals surface area (Å²) in [6.07, 6.45) is 0.262. The van der Waals surface area contributed by atoms with Crippen LogP contribution in [0.25, 0.3) is 0 Å². The van der Waals surface area contributed by atoms with Gasteiger partial charge in [0.2, 0.25) is 0 Å². The number of amides is 4. The second-order valence-electron chi connectivity index (χ2n) is 7.33. The lowest BCUT2D eigenvalue weighted by Crippen LogP contribution is -2.45. The number of benzene rings is 2. The summed E-state index contributed by atoms with van der Waals surface area (Å²) in [5, 5.41) is 19.8. The Morgan fingerprint density at radius 2 is 1.55 bits per heavy atom. The number of para-hydroxylation sites is 1. The second kappa shape index (κ2) is 9.59. The van der Waals surface area contributed by atoms with Gasteiger partial charge in [-0.15, -0.1) is 0 Å². The number of hydrogen-bond donors (Lipinski definition) is 5. The van der Waals surface area contributed by atoms with E-state index in [-0.39, 0.29) is 6.42 Å². The molecule has 0 aliphatic rings. The molecule has 2 aromatic carbocycles. The van der Waals surface area contributed by atoms with E-state index in [9.17, 15) is 14.4 Å². The first-order valence-corrected chi connectivity index (χ1v) is 9.19. The van der Waals surface area contributed by atoms with Gasteiger partial charge in [-0.05, 0) is 57.0 Å². The predicted octanol–water partition coefficient (Wildman–Crippen LogP) is 4.40. The van der Waals surface area contributed by atoms with E-state index >= 15 is 0 Å². The quantitative estimate of drug-likeness (QED) is 0.475. The van der Waals surface area contributed by atoms with Gasteiger partial charge in [-0.1, -0.05) is 24.3 Å². The number of aryl methyl sites for hydroxylation is 1. The molecule has 154 valence electrons. The number of anilines is 3. The maximum absolute atomic E-state index is 12.3. The Morgan fingerprint density at radius 3 is 2.21 bits per heavy atom. The maximum atomic E-state index is 12.3. The zero-order valence-corrected chi connectivity index (χ0v) is 16.7. The third-order valence-electron chi connectivity index (χ3n) is 4.19. The summed E-state index contributed by atoms with van der Waals surface area (Å²) in [7, 11) is 0. The van der Waals surface area contributed by atoms with Gasteiger partial charge < -0.3 is 26.4 Å². The number of carboxylic acids is 1. The molecule has 0 atom stereocenters. The van der Waals surface area contributed by atoms with Crippen LogP contribution < -0.4 is 21.3 Å². The first-order chi connectivity index (χ1) is 13.6. The van der Waals surface area contributed by atoms with Gasteiger partial charge in [0.05, 0.1) is 0 Å². The lowest BCUT2D eigenvalue weighted by atomic mass is 9.99. The number of carbonyl (C=O) groups is 3. The zero-order chi connectivity index (χ0) is 21.4. The highest BCUT2D eigenvalue weighted by molar-refractivity contribution is 6.00. The third kappa shape index (κ3) is 7.53. The fraction of sp³-hybridized carbons (Fsp3) is 0.286. The number of hydrogen-bond acceptors (Lipinski definition) is 3. The van der Waals surface area contributed by atoms with E-state index in [1.807, 2.05) is 25.1 Å². The fourth-order valence-electron chi connectivity index (χ4n) is 2.59. The molecule has 0 aliphatic heterocycles. The molecule has 0 saturated carbocycles. The first kappa shape index (κ1) is 21.7. The molecule has 0 unspecified atom stereocenters. The molecule has 29 heavy (non-hydrogen) atoms. The first-order valence-electron chi connectivity index (χ1n) is 9.19. The van der Waals surface area contributed by atoms with Crippen LogP contribution in [0.3, 0.4) is 0 Å². The van der Waals surface area contributed by atoms with Crippen LogP contribution in [0.5, 0.6) is 0 Å². The summed E-state index contributed by atoms with van der Waals surface area (Å²) in [5.41, 5.74) is 1.86. The van der Waals surface area contributed by atoms with Gasteiger partial charge >= 0.3 is 18.0 Å². The highest BCUT2D eigenvalue weighted by Crippen LogP contribution is 2.21. The van der Waals surface area contributed by atoms with Crippen molar-refractivity contribution in [3.8, 4) is 0 Å². The SMILES string of the molecule is Cc1ccc(NC(=O)Nc2ccccc2)cc1NC(=O)NC(C)(C)CCC(=O)O. The Hall–Kier alpha value is -3.55. The number of carbonyl (C=O) groups excluding carboxylic acids is 2. The van der Waals surface area contributed by atoms with Crippen molar-refractivity contribution in [2.75, 3.05) is 16.0 Å². The number of urea groups is 2. The summed E-state index contributed by atoms with van der Waals surface area (Å²) >= 11 is 0. The molecule has 0 saturated heterocycles. The van der Waals surface area contributed by atoms with Crippen molar-refractivity contribution in [1.82, 2.24) is 5.32 Å². The normalized spacial score (nSPS) is 10.7. The molecule has 0 heterocycles. The Balaban J connectivity index is 1.98. The average molecular weight is 398 g/mol. The number of nitrogens with one attached hydrogen (secondary N) is 4. The van der Waals surface area contributed by atoms with Gasteiger partial charge in [0.25, 0.3) is 0 Å². The molecule has 5 N–H and O–H groups in total. The van der Waals surface area contributed by atoms with Crippen molar-refractivity contribution in [2.45, 2.75) is 39.2 Å². The van der Waals surface area contributed by atoms with E-state index in [0.29, 0.717) is 23.5 Å². The molecule has 0 spiro atoms. The minimum absolute atomic E-state index is 0.0394. The molecular weight excluding hydrogens is 372 g/mol. The van der Waals surface area contributed by atoms with Crippen LogP contribution >= 0.6 is 0 Å². The van der Waals surface area contributed by atoms with E-state index in [1.165, 1.54) is 0 Å². The molecule has 0 bridgehead atoms. The lowest BCUT2D eigenvalue weighted by molar-refractivity contribution is -0.137. The minimum Gasteiger partial charge on any atom is -0.481 e. The minimum atomic E-state index is -0.913. The van der Waals surface area contributed by atoms with Crippen molar-refractivity contribution in [3.05, 3.63) is 54.1 Å². The summed E-state index contributed by atoms with van der Waals surface area (Å²) in [6, 6.07) is 13.4. The van der Waals surface area contributed by atoms with Crippen LogP contribution in [0, 0.1) is 6.92 Å². The fourth-order valence-corrected chi connectivity index (χ4v) is 2.59. The van der Waals surface area contributed by atoms with E-state index in [0.717, 1.165) is 5.56 Å². The van der Waals surface area contributed by atoms with Gasteiger partial charge in [-0.2, -0.15) is 0 Å². The average Bonchev–Trinajstić information content (AvgIpc) is 2.63. The number of rotatable bonds is 7. The van der Waals surface area contributed by atoms with Crippen LogP contribution in [-0.4, -0.2) is 28.7 Å². The summed E-state index contributed by atoms with van der Waals surface area (Å²) in [6.45, 7) is 5.35. The van der Waals surface area contributed by atoms with Crippen molar-refractivity contribution in [2.24, 2.45) is 0 Å². The van der Waals surface area contributed by atoms with Crippen LogP contribution in [-0.2, 0) is 4.79 Å². The van der Waals surface area contributed by atoms with Gasteiger partial charge in [0.1, 0.15) is 0 Å². The standard InChI is InChI=1S/C21H26N4O4/c1-14-9-10-16(23-19(28)22-15-7-5-4-6-8-15)13-17(14)24-20(29)25-21(2,3)12-11-18(26)27/h4-10,13H,11-12H2,1-3H3,(H,26,27)(H2,22,23,28)(H2,24,25,29). The van der Waals surface area contributed by atoms with Crippen LogP contribution in [0.4, 0.5) is 26.7 Å². The molecule has 0 aromatic heterocycles. The van der Waals surface area contributed by atoms with Crippen molar-refractivity contribution < 1.29 is 19.5 Å². The predicted molar refractivity (Wildman–Crippen MR) is 113 cm³/mol. The largest absolute Gasteiger partial charge is 0.481 e. The van der Waals surface area contributed by atoms with Crippen molar-refractivity contribution in [1.29, 1.82) is 0 Å². The molecule has 8 heteroatoms. The lowest BCUT2D eigenvalue weighted by Gasteiger charge is -2.26. The van der Waals surface area contributed by atoms with Crippen LogP contribution in [0.1, 0.15) is 32.3 Å². The van der Waals surface area contributed by atoms with E-state index in [4.69, 9.17) is 5.11 Å². The van der Waals surface area contributed by atoms with E-state index < -0.39 is 23.6 Å². The van der Waals surface area contributed by atoms with E-state index in [1.54, 1.807) is 44.2 Å². The Morgan fingerprint density at radius 1 is 0.897 bits per heavy atom. The Kier molecular flexibility index (Phi) is 7.19. The molecule has 8 nitrogen and oxygen atoms in total. The Labute approximate surface area is 169 Å². The highest BCUT2D eigenvalue weighted by Gasteiger charge is 2.21. The molecule has 0 aliphatic carbocycles. The summed E-state index contributed by atoms with van der Waals surface area (Å²) in [5.74, 6) is -0.913. The summed E-state index contributed by atoms with van der Waals surface area (Å²) in [4.78, 5) is 35.2. The number of carboxylic acid groups (broad SMARTS) is 1. The van der Waals surface area contributed by atoms with Crippen LogP contribution in [0.2, 0.25) is 0 Å².